The van der Waals surface area contributed by atoms with Gasteiger partial charge in [0, 0.05) is 18.7 Å². The van der Waals surface area contributed by atoms with Gasteiger partial charge in [-0.25, -0.2) is 4.68 Å². The third-order valence-electron chi connectivity index (χ3n) is 5.33. The molecule has 2 aliphatic carbocycles. The topological polar surface area (TPSA) is 64.0 Å². The zero-order valence-corrected chi connectivity index (χ0v) is 13.4. The molecule has 2 fully saturated rings. The lowest BCUT2D eigenvalue weighted by Crippen LogP contribution is -2.41. The van der Waals surface area contributed by atoms with Crippen LogP contribution in [-0.4, -0.2) is 21.7 Å². The summed E-state index contributed by atoms with van der Waals surface area (Å²) in [6, 6.07) is 3.13. The van der Waals surface area contributed by atoms with E-state index in [4.69, 9.17) is 0 Å². The van der Waals surface area contributed by atoms with Gasteiger partial charge in [-0.2, -0.15) is 5.10 Å². The van der Waals surface area contributed by atoms with Gasteiger partial charge in [-0.3, -0.25) is 9.59 Å². The SMILES string of the molecule is CCCn1nc(C(=O)N[C@@H](C)[C@H]2C[C@H]3CC[C@H]2C3)ccc1=O. The summed E-state index contributed by atoms with van der Waals surface area (Å²) in [7, 11) is 0. The Kier molecular flexibility index (Phi) is 4.32. The van der Waals surface area contributed by atoms with Crippen molar-refractivity contribution in [1.29, 1.82) is 0 Å². The van der Waals surface area contributed by atoms with Crippen molar-refractivity contribution < 1.29 is 4.79 Å². The average molecular weight is 303 g/mol. The maximum Gasteiger partial charge on any atom is 0.271 e. The van der Waals surface area contributed by atoms with E-state index in [1.165, 1.54) is 42.5 Å². The fraction of sp³-hybridized carbons (Fsp3) is 0.706. The minimum Gasteiger partial charge on any atom is -0.348 e. The number of nitrogens with zero attached hydrogens (tertiary/aromatic N) is 2. The van der Waals surface area contributed by atoms with Crippen molar-refractivity contribution in [3.05, 3.63) is 28.2 Å². The molecule has 3 rings (SSSR count). The first kappa shape index (κ1) is 15.3. The van der Waals surface area contributed by atoms with Crippen molar-refractivity contribution in [1.82, 2.24) is 15.1 Å². The van der Waals surface area contributed by atoms with Gasteiger partial charge in [-0.1, -0.05) is 13.3 Å². The molecule has 0 radical (unpaired) electrons. The van der Waals surface area contributed by atoms with E-state index in [9.17, 15) is 9.59 Å². The summed E-state index contributed by atoms with van der Waals surface area (Å²) in [5.41, 5.74) is 0.183. The van der Waals surface area contributed by atoms with Crippen molar-refractivity contribution in [2.45, 2.75) is 58.5 Å². The number of carbonyl (C=O) groups excluding carboxylic acids is 1. The number of amides is 1. The first-order chi connectivity index (χ1) is 10.6. The summed E-state index contributed by atoms with van der Waals surface area (Å²) in [6.45, 7) is 4.63. The first-order valence-corrected chi connectivity index (χ1v) is 8.47. The predicted octanol–water partition coefficient (Wildman–Crippen LogP) is 2.21. The quantitative estimate of drug-likeness (QED) is 0.907. The fourth-order valence-corrected chi connectivity index (χ4v) is 4.24. The largest absolute Gasteiger partial charge is 0.348 e. The smallest absolute Gasteiger partial charge is 0.271 e. The number of rotatable bonds is 5. The Bertz CT molecular complexity index is 610. The Morgan fingerprint density at radius 3 is 2.86 bits per heavy atom. The number of aromatic nitrogens is 2. The van der Waals surface area contributed by atoms with Gasteiger partial charge in [-0.05, 0) is 56.4 Å². The van der Waals surface area contributed by atoms with E-state index in [1.807, 2.05) is 6.92 Å². The van der Waals surface area contributed by atoms with Crippen LogP contribution in [0.15, 0.2) is 16.9 Å². The van der Waals surface area contributed by atoms with Crippen LogP contribution in [0.1, 0.15) is 56.4 Å². The van der Waals surface area contributed by atoms with E-state index in [-0.39, 0.29) is 17.5 Å². The van der Waals surface area contributed by atoms with Crippen LogP contribution in [0.2, 0.25) is 0 Å². The lowest BCUT2D eigenvalue weighted by Gasteiger charge is -2.28. The molecule has 2 aliphatic rings. The van der Waals surface area contributed by atoms with Crippen LogP contribution in [0.4, 0.5) is 0 Å². The van der Waals surface area contributed by atoms with Crippen LogP contribution in [0.25, 0.3) is 0 Å². The van der Waals surface area contributed by atoms with Crippen molar-refractivity contribution in [3.8, 4) is 0 Å². The molecule has 0 aromatic carbocycles. The fourth-order valence-electron chi connectivity index (χ4n) is 4.24. The normalized spacial score (nSPS) is 27.8. The summed E-state index contributed by atoms with van der Waals surface area (Å²) >= 11 is 0. The second-order valence-corrected chi connectivity index (χ2v) is 6.88. The second kappa shape index (κ2) is 6.23. The van der Waals surface area contributed by atoms with Gasteiger partial charge >= 0.3 is 0 Å². The molecule has 22 heavy (non-hydrogen) atoms. The Labute approximate surface area is 131 Å². The maximum atomic E-state index is 12.4. The highest BCUT2D eigenvalue weighted by Gasteiger charge is 2.42. The molecule has 120 valence electrons. The highest BCUT2D eigenvalue weighted by Crippen LogP contribution is 2.49. The Balaban J connectivity index is 1.66. The van der Waals surface area contributed by atoms with E-state index in [0.717, 1.165) is 18.3 Å². The van der Waals surface area contributed by atoms with Gasteiger partial charge in [0.05, 0.1) is 0 Å². The molecule has 0 saturated heterocycles. The molecular formula is C17H25N3O2. The summed E-state index contributed by atoms with van der Waals surface area (Å²) in [6.07, 6.45) is 6.08. The number of nitrogens with one attached hydrogen (secondary N) is 1. The standard InChI is InChI=1S/C17H25N3O2/c1-3-8-20-16(21)7-6-15(19-20)17(22)18-11(2)14-10-12-4-5-13(14)9-12/h6-7,11-14H,3-5,8-10H2,1-2H3,(H,18,22)/t11-,12-,13-,14+/m0/s1. The van der Waals surface area contributed by atoms with Gasteiger partial charge in [0.15, 0.2) is 0 Å². The molecule has 2 saturated carbocycles. The monoisotopic (exact) mass is 303 g/mol. The Morgan fingerprint density at radius 2 is 2.23 bits per heavy atom. The minimum atomic E-state index is -0.167. The molecule has 1 amide bonds. The number of hydrogen-bond donors (Lipinski definition) is 1. The zero-order chi connectivity index (χ0) is 15.7. The van der Waals surface area contributed by atoms with Crippen LogP contribution in [0.3, 0.4) is 0 Å². The molecule has 2 bridgehead atoms. The molecular weight excluding hydrogens is 278 g/mol. The number of hydrogen-bond acceptors (Lipinski definition) is 3. The zero-order valence-electron chi connectivity index (χ0n) is 13.4. The highest BCUT2D eigenvalue weighted by molar-refractivity contribution is 5.92. The summed E-state index contributed by atoms with van der Waals surface area (Å²) in [4.78, 5) is 24.1. The molecule has 1 N–H and O–H groups in total. The number of fused-ring (bicyclic) bond motifs is 2. The highest BCUT2D eigenvalue weighted by atomic mass is 16.2. The van der Waals surface area contributed by atoms with Crippen LogP contribution >= 0.6 is 0 Å². The van der Waals surface area contributed by atoms with Crippen LogP contribution in [-0.2, 0) is 6.54 Å². The van der Waals surface area contributed by atoms with Crippen LogP contribution < -0.4 is 10.9 Å². The lowest BCUT2D eigenvalue weighted by atomic mass is 9.84. The van der Waals surface area contributed by atoms with Gasteiger partial charge in [0.2, 0.25) is 0 Å². The van der Waals surface area contributed by atoms with Crippen molar-refractivity contribution in [3.63, 3.8) is 0 Å². The van der Waals surface area contributed by atoms with Crippen LogP contribution in [0, 0.1) is 17.8 Å². The van der Waals surface area contributed by atoms with Crippen molar-refractivity contribution in [2.75, 3.05) is 0 Å². The van der Waals surface area contributed by atoms with E-state index >= 15 is 0 Å². The van der Waals surface area contributed by atoms with Gasteiger partial charge in [-0.15, -0.1) is 0 Å². The van der Waals surface area contributed by atoms with E-state index in [2.05, 4.69) is 17.3 Å². The molecule has 0 aliphatic heterocycles. The van der Waals surface area contributed by atoms with E-state index in [0.29, 0.717) is 18.2 Å². The summed E-state index contributed by atoms with van der Waals surface area (Å²) < 4.78 is 1.37. The Hall–Kier alpha value is -1.65. The molecule has 5 heteroatoms. The van der Waals surface area contributed by atoms with E-state index in [1.54, 1.807) is 0 Å². The predicted molar refractivity (Wildman–Crippen MR) is 84.7 cm³/mol. The lowest BCUT2D eigenvalue weighted by molar-refractivity contribution is 0.0907. The molecule has 1 aromatic heterocycles. The Morgan fingerprint density at radius 1 is 1.41 bits per heavy atom. The third-order valence-corrected chi connectivity index (χ3v) is 5.33. The molecule has 5 nitrogen and oxygen atoms in total. The first-order valence-electron chi connectivity index (χ1n) is 8.47. The number of carbonyl (C=O) groups is 1. The summed E-state index contributed by atoms with van der Waals surface area (Å²) in [5.74, 6) is 2.09. The molecule has 0 spiro atoms. The van der Waals surface area contributed by atoms with Gasteiger partial charge in [0.25, 0.3) is 11.5 Å². The molecule has 4 atom stereocenters. The molecule has 0 unspecified atom stereocenters. The van der Waals surface area contributed by atoms with Gasteiger partial charge < -0.3 is 5.32 Å². The van der Waals surface area contributed by atoms with Crippen molar-refractivity contribution in [2.24, 2.45) is 17.8 Å². The summed E-state index contributed by atoms with van der Waals surface area (Å²) in [5, 5.41) is 7.28. The van der Waals surface area contributed by atoms with E-state index < -0.39 is 0 Å². The average Bonchev–Trinajstić information content (AvgIpc) is 3.12. The maximum absolute atomic E-state index is 12.4. The van der Waals surface area contributed by atoms with Crippen LogP contribution in [0.5, 0.6) is 0 Å². The third kappa shape index (κ3) is 2.94. The van der Waals surface area contributed by atoms with Crippen molar-refractivity contribution >= 4 is 5.91 Å². The second-order valence-electron chi connectivity index (χ2n) is 6.88. The van der Waals surface area contributed by atoms with Gasteiger partial charge in [0.1, 0.15) is 5.69 Å². The molecule has 1 aromatic rings. The minimum absolute atomic E-state index is 0.153. The number of aryl methyl sites for hydroxylation is 1. The molecule has 1 heterocycles.